The lowest BCUT2D eigenvalue weighted by atomic mass is 10.1. The van der Waals surface area contributed by atoms with Crippen LogP contribution in [-0.4, -0.2) is 16.7 Å². The Hall–Kier alpha value is -1.81. The van der Waals surface area contributed by atoms with E-state index in [-0.39, 0.29) is 17.3 Å². The van der Waals surface area contributed by atoms with Crippen LogP contribution in [0.2, 0.25) is 0 Å². The zero-order valence-corrected chi connectivity index (χ0v) is 11.6. The first-order valence-corrected chi connectivity index (χ1v) is 6.21. The van der Waals surface area contributed by atoms with Gasteiger partial charge in [-0.15, -0.1) is 0 Å². The second-order valence-corrected chi connectivity index (χ2v) is 5.58. The van der Waals surface area contributed by atoms with Gasteiger partial charge in [0.1, 0.15) is 17.4 Å². The quantitative estimate of drug-likeness (QED) is 0.908. The summed E-state index contributed by atoms with van der Waals surface area (Å²) in [5.74, 6) is -0.240. The summed E-state index contributed by atoms with van der Waals surface area (Å²) in [6.07, 6.45) is -0.180. The number of furan rings is 1. The number of hydrogen-bond acceptors (Lipinski definition) is 3. The zero-order chi connectivity index (χ0) is 14.2. The van der Waals surface area contributed by atoms with E-state index in [1.807, 2.05) is 33.8 Å². The van der Waals surface area contributed by atoms with Gasteiger partial charge in [-0.2, -0.15) is 0 Å². The topological polar surface area (TPSA) is 59.7 Å². The van der Waals surface area contributed by atoms with Crippen LogP contribution in [0.5, 0.6) is 0 Å². The summed E-state index contributed by atoms with van der Waals surface area (Å²) in [5.41, 5.74) is 0.665. The van der Waals surface area contributed by atoms with Crippen LogP contribution in [0.3, 0.4) is 0 Å². The lowest BCUT2D eigenvalue weighted by Gasteiger charge is -2.23. The lowest BCUT2D eigenvalue weighted by Crippen LogP contribution is -2.20. The van der Waals surface area contributed by atoms with E-state index in [1.165, 1.54) is 6.07 Å². The Kier molecular flexibility index (Phi) is 3.37. The largest absolute Gasteiger partial charge is 0.478 e. The van der Waals surface area contributed by atoms with E-state index in [0.717, 1.165) is 5.39 Å². The SMILES string of the molecule is C[C@H](OC(C)(C)C)c1cc2cc(C(=O)O)ccc2o1. The normalized spacial score (nSPS) is 13.7. The first-order valence-electron chi connectivity index (χ1n) is 6.21. The zero-order valence-electron chi connectivity index (χ0n) is 11.6. The van der Waals surface area contributed by atoms with Crippen molar-refractivity contribution >= 4 is 16.9 Å². The fraction of sp³-hybridized carbons (Fsp3) is 0.400. The van der Waals surface area contributed by atoms with E-state index < -0.39 is 5.97 Å². The summed E-state index contributed by atoms with van der Waals surface area (Å²) in [6, 6.07) is 6.64. The Balaban J connectivity index is 2.33. The van der Waals surface area contributed by atoms with Crippen molar-refractivity contribution in [3.63, 3.8) is 0 Å². The van der Waals surface area contributed by atoms with Crippen LogP contribution in [0.1, 0.15) is 49.9 Å². The van der Waals surface area contributed by atoms with Crippen molar-refractivity contribution in [2.45, 2.75) is 39.4 Å². The molecule has 0 aliphatic carbocycles. The van der Waals surface area contributed by atoms with Crippen LogP contribution in [0.25, 0.3) is 11.0 Å². The average Bonchev–Trinajstić information content (AvgIpc) is 2.68. The first kappa shape index (κ1) is 13.6. The van der Waals surface area contributed by atoms with Crippen LogP contribution < -0.4 is 0 Å². The molecule has 2 rings (SSSR count). The number of carbonyl (C=O) groups is 1. The Morgan fingerprint density at radius 3 is 2.58 bits per heavy atom. The molecule has 19 heavy (non-hydrogen) atoms. The van der Waals surface area contributed by atoms with Crippen LogP contribution in [-0.2, 0) is 4.74 Å². The fourth-order valence-electron chi connectivity index (χ4n) is 1.99. The molecule has 1 aromatic carbocycles. The number of aromatic carboxylic acids is 1. The second-order valence-electron chi connectivity index (χ2n) is 5.58. The van der Waals surface area contributed by atoms with Gasteiger partial charge < -0.3 is 14.3 Å². The number of ether oxygens (including phenoxy) is 1. The maximum absolute atomic E-state index is 10.9. The van der Waals surface area contributed by atoms with E-state index in [1.54, 1.807) is 12.1 Å². The minimum atomic E-state index is -0.941. The second kappa shape index (κ2) is 4.70. The summed E-state index contributed by atoms with van der Waals surface area (Å²) < 4.78 is 11.5. The van der Waals surface area contributed by atoms with Crippen LogP contribution in [0, 0.1) is 0 Å². The molecular weight excluding hydrogens is 244 g/mol. The fourth-order valence-corrected chi connectivity index (χ4v) is 1.99. The van der Waals surface area contributed by atoms with Crippen molar-refractivity contribution in [2.24, 2.45) is 0 Å². The van der Waals surface area contributed by atoms with Crippen molar-refractivity contribution in [3.8, 4) is 0 Å². The molecule has 0 radical (unpaired) electrons. The van der Waals surface area contributed by atoms with Gasteiger partial charge in [0, 0.05) is 5.39 Å². The number of benzene rings is 1. The number of fused-ring (bicyclic) bond motifs is 1. The van der Waals surface area contributed by atoms with E-state index >= 15 is 0 Å². The lowest BCUT2D eigenvalue weighted by molar-refractivity contribution is -0.0608. The predicted octanol–water partition coefficient (Wildman–Crippen LogP) is 4.01. The number of hydrogen-bond donors (Lipinski definition) is 1. The van der Waals surface area contributed by atoms with Crippen molar-refractivity contribution in [1.82, 2.24) is 0 Å². The van der Waals surface area contributed by atoms with Gasteiger partial charge in [-0.1, -0.05) is 0 Å². The molecule has 1 aromatic heterocycles. The third-order valence-electron chi connectivity index (χ3n) is 2.71. The van der Waals surface area contributed by atoms with Gasteiger partial charge in [-0.3, -0.25) is 0 Å². The Morgan fingerprint density at radius 2 is 2.00 bits per heavy atom. The molecule has 1 N–H and O–H groups in total. The van der Waals surface area contributed by atoms with Gasteiger partial charge in [0.25, 0.3) is 0 Å². The van der Waals surface area contributed by atoms with Crippen LogP contribution >= 0.6 is 0 Å². The number of rotatable bonds is 3. The average molecular weight is 262 g/mol. The highest BCUT2D eigenvalue weighted by molar-refractivity contribution is 5.93. The van der Waals surface area contributed by atoms with Gasteiger partial charge in [-0.25, -0.2) is 4.79 Å². The van der Waals surface area contributed by atoms with Gasteiger partial charge in [-0.05, 0) is 52.0 Å². The van der Waals surface area contributed by atoms with Crippen molar-refractivity contribution in [2.75, 3.05) is 0 Å². The molecule has 0 saturated carbocycles. The minimum absolute atomic E-state index is 0.180. The molecule has 0 aliphatic heterocycles. The third kappa shape index (κ3) is 3.15. The maximum Gasteiger partial charge on any atom is 0.335 e. The molecule has 0 spiro atoms. The molecule has 1 heterocycles. The highest BCUT2D eigenvalue weighted by Crippen LogP contribution is 2.29. The Morgan fingerprint density at radius 1 is 1.32 bits per heavy atom. The number of carboxylic acid groups (broad SMARTS) is 1. The summed E-state index contributed by atoms with van der Waals surface area (Å²) >= 11 is 0. The molecule has 0 bridgehead atoms. The Bertz CT molecular complexity index is 604. The van der Waals surface area contributed by atoms with E-state index in [4.69, 9.17) is 14.3 Å². The molecule has 2 aromatic rings. The summed E-state index contributed by atoms with van der Waals surface area (Å²) in [4.78, 5) is 10.9. The molecule has 4 heteroatoms. The van der Waals surface area contributed by atoms with Crippen LogP contribution in [0.4, 0.5) is 0 Å². The molecular formula is C15H18O4. The summed E-state index contributed by atoms with van der Waals surface area (Å²) in [6.45, 7) is 7.86. The monoisotopic (exact) mass is 262 g/mol. The van der Waals surface area contributed by atoms with Gasteiger partial charge >= 0.3 is 5.97 Å². The van der Waals surface area contributed by atoms with E-state index in [0.29, 0.717) is 11.3 Å². The Labute approximate surface area is 112 Å². The highest BCUT2D eigenvalue weighted by Gasteiger charge is 2.19. The molecule has 0 unspecified atom stereocenters. The highest BCUT2D eigenvalue weighted by atomic mass is 16.5. The van der Waals surface area contributed by atoms with Gasteiger partial charge in [0.05, 0.1) is 11.2 Å². The van der Waals surface area contributed by atoms with Crippen molar-refractivity contribution < 1.29 is 19.1 Å². The smallest absolute Gasteiger partial charge is 0.335 e. The molecule has 0 saturated heterocycles. The van der Waals surface area contributed by atoms with Gasteiger partial charge in [0.15, 0.2) is 0 Å². The molecule has 0 aliphatic rings. The number of carboxylic acids is 1. The summed E-state index contributed by atoms with van der Waals surface area (Å²) in [7, 11) is 0. The minimum Gasteiger partial charge on any atom is -0.478 e. The van der Waals surface area contributed by atoms with Crippen molar-refractivity contribution in [3.05, 3.63) is 35.6 Å². The summed E-state index contributed by atoms with van der Waals surface area (Å²) in [5, 5.41) is 9.73. The molecule has 102 valence electrons. The predicted molar refractivity (Wildman–Crippen MR) is 72.4 cm³/mol. The van der Waals surface area contributed by atoms with E-state index in [9.17, 15) is 4.79 Å². The standard InChI is InChI=1S/C15H18O4/c1-9(19-15(2,3)4)13-8-11-7-10(14(16)17)5-6-12(11)18-13/h5-9H,1-4H3,(H,16,17)/t9-/m0/s1. The molecule has 4 nitrogen and oxygen atoms in total. The molecule has 1 atom stereocenters. The van der Waals surface area contributed by atoms with Crippen molar-refractivity contribution in [1.29, 1.82) is 0 Å². The van der Waals surface area contributed by atoms with Crippen LogP contribution in [0.15, 0.2) is 28.7 Å². The third-order valence-corrected chi connectivity index (χ3v) is 2.71. The van der Waals surface area contributed by atoms with E-state index in [2.05, 4.69) is 0 Å². The van der Waals surface area contributed by atoms with Gasteiger partial charge in [0.2, 0.25) is 0 Å². The molecule has 0 fully saturated rings. The molecule has 0 amide bonds. The first-order chi connectivity index (χ1) is 8.76. The maximum atomic E-state index is 10.9.